The van der Waals surface area contributed by atoms with E-state index in [0.29, 0.717) is 37.2 Å². The van der Waals surface area contributed by atoms with E-state index in [1.807, 2.05) is 0 Å². The summed E-state index contributed by atoms with van der Waals surface area (Å²) in [5, 5.41) is 11.4. The Kier molecular flexibility index (Phi) is 5.90. The topological polar surface area (TPSA) is 55.8 Å². The van der Waals surface area contributed by atoms with Crippen molar-refractivity contribution in [2.24, 2.45) is 28.6 Å². The molecule has 34 heavy (non-hydrogen) atoms. The van der Waals surface area contributed by atoms with Gasteiger partial charge in [-0.05, 0) is 81.1 Å². The Labute approximate surface area is 205 Å². The van der Waals surface area contributed by atoms with Crippen LogP contribution in [0.4, 0.5) is 0 Å². The second kappa shape index (κ2) is 8.28. The highest BCUT2D eigenvalue weighted by atomic mass is 16.6. The lowest BCUT2D eigenvalue weighted by atomic mass is 9.46. The molecule has 1 unspecified atom stereocenters. The number of carbonyl (C=O) groups excluding carboxylic acids is 1. The first-order valence-electron chi connectivity index (χ1n) is 13.2. The van der Waals surface area contributed by atoms with E-state index in [9.17, 15) is 9.90 Å². The molecule has 0 saturated heterocycles. The summed E-state index contributed by atoms with van der Waals surface area (Å²) in [5.74, 6) is 0.822. The Bertz CT molecular complexity index is 982. The van der Waals surface area contributed by atoms with Gasteiger partial charge < -0.3 is 14.6 Å². The number of fused-ring (bicyclic) bond motifs is 5. The summed E-state index contributed by atoms with van der Waals surface area (Å²) in [7, 11) is 1.74. The number of benzene rings is 1. The van der Waals surface area contributed by atoms with E-state index < -0.39 is 11.4 Å². The van der Waals surface area contributed by atoms with Gasteiger partial charge in [0, 0.05) is 25.4 Å². The van der Waals surface area contributed by atoms with Crippen LogP contribution in [0.3, 0.4) is 0 Å². The predicted molar refractivity (Wildman–Crippen MR) is 133 cm³/mol. The van der Waals surface area contributed by atoms with Gasteiger partial charge in [0.2, 0.25) is 0 Å². The van der Waals surface area contributed by atoms with Crippen LogP contribution in [-0.4, -0.2) is 29.4 Å². The molecule has 0 bridgehead atoms. The number of Topliss-reactive ketones (excluding diaryl/α,β-unsaturated/α-hetero) is 1. The molecule has 0 heterocycles. The highest BCUT2D eigenvalue weighted by Crippen LogP contribution is 2.68. The van der Waals surface area contributed by atoms with Gasteiger partial charge in [-0.15, -0.1) is 0 Å². The van der Waals surface area contributed by atoms with Crippen LogP contribution in [0.15, 0.2) is 35.9 Å². The van der Waals surface area contributed by atoms with Gasteiger partial charge in [-0.2, -0.15) is 0 Å². The molecule has 0 amide bonds. The maximum atomic E-state index is 12.8. The number of ketones is 1. The maximum Gasteiger partial charge on any atom is 0.169 e. The van der Waals surface area contributed by atoms with E-state index in [0.717, 1.165) is 44.1 Å². The number of aryl methyl sites for hydroxylation is 1. The fourth-order valence-electron chi connectivity index (χ4n) is 8.70. The van der Waals surface area contributed by atoms with Gasteiger partial charge in [-0.3, -0.25) is 4.79 Å². The summed E-state index contributed by atoms with van der Waals surface area (Å²) in [6, 6.07) is 8.35. The van der Waals surface area contributed by atoms with Crippen molar-refractivity contribution in [2.75, 3.05) is 7.11 Å². The van der Waals surface area contributed by atoms with Crippen molar-refractivity contribution >= 4 is 5.78 Å². The highest BCUT2D eigenvalue weighted by Gasteiger charge is 2.66. The smallest absolute Gasteiger partial charge is 0.169 e. The van der Waals surface area contributed by atoms with E-state index in [1.165, 1.54) is 11.1 Å². The second-order valence-corrected chi connectivity index (χ2v) is 12.2. The summed E-state index contributed by atoms with van der Waals surface area (Å²) in [6.07, 6.45) is 9.81. The molecule has 0 spiro atoms. The number of hydrogen-bond acceptors (Lipinski definition) is 4. The van der Waals surface area contributed by atoms with Crippen LogP contribution in [0.1, 0.15) is 83.3 Å². The molecule has 7 atom stereocenters. The van der Waals surface area contributed by atoms with Crippen LogP contribution in [0.25, 0.3) is 0 Å². The Morgan fingerprint density at radius 1 is 1.06 bits per heavy atom. The lowest BCUT2D eigenvalue weighted by molar-refractivity contribution is -0.232. The van der Waals surface area contributed by atoms with Gasteiger partial charge in [0.25, 0.3) is 0 Å². The number of rotatable bonds is 5. The Balaban J connectivity index is 1.35. The normalized spacial score (nSPS) is 43.5. The van der Waals surface area contributed by atoms with Crippen molar-refractivity contribution in [3.05, 3.63) is 47.0 Å². The van der Waals surface area contributed by atoms with Crippen LogP contribution in [0, 0.1) is 35.5 Å². The van der Waals surface area contributed by atoms with E-state index in [2.05, 4.69) is 51.1 Å². The highest BCUT2D eigenvalue weighted by molar-refractivity contribution is 5.86. The van der Waals surface area contributed by atoms with E-state index in [-0.39, 0.29) is 16.6 Å². The van der Waals surface area contributed by atoms with Gasteiger partial charge in [0.1, 0.15) is 5.60 Å². The van der Waals surface area contributed by atoms with Crippen LogP contribution in [-0.2, 0) is 20.9 Å². The molecule has 0 aromatic heterocycles. The number of ether oxygens (including phenoxy) is 2. The molecule has 4 aliphatic carbocycles. The van der Waals surface area contributed by atoms with Crippen LogP contribution in [0.2, 0.25) is 0 Å². The average molecular weight is 467 g/mol. The van der Waals surface area contributed by atoms with E-state index in [1.54, 1.807) is 14.0 Å². The molecule has 1 N–H and O–H groups in total. The summed E-state index contributed by atoms with van der Waals surface area (Å²) in [6.45, 7) is 9.00. The maximum absolute atomic E-state index is 12.8. The van der Waals surface area contributed by atoms with Crippen molar-refractivity contribution < 1.29 is 19.4 Å². The lowest BCUT2D eigenvalue weighted by Gasteiger charge is -2.59. The van der Waals surface area contributed by atoms with Gasteiger partial charge >= 0.3 is 0 Å². The molecule has 3 saturated carbocycles. The third kappa shape index (κ3) is 3.47. The molecule has 1 aromatic carbocycles. The fourth-order valence-corrected chi connectivity index (χ4v) is 8.70. The van der Waals surface area contributed by atoms with Gasteiger partial charge in [0.15, 0.2) is 11.6 Å². The molecule has 1 aromatic rings. The minimum Gasteiger partial charge on any atom is -0.370 e. The number of aliphatic hydroxyl groups is 1. The third-order valence-corrected chi connectivity index (χ3v) is 10.8. The number of carbonyl (C=O) groups is 1. The summed E-state index contributed by atoms with van der Waals surface area (Å²) in [5.41, 5.74) is 3.13. The first-order chi connectivity index (χ1) is 16.1. The molecular formula is C30H42O4. The molecule has 0 radical (unpaired) electrons. The summed E-state index contributed by atoms with van der Waals surface area (Å²) < 4.78 is 12.2. The summed E-state index contributed by atoms with van der Waals surface area (Å²) in [4.78, 5) is 12.8. The van der Waals surface area contributed by atoms with Gasteiger partial charge in [0.05, 0.1) is 6.61 Å². The predicted octanol–water partition coefficient (Wildman–Crippen LogP) is 6.14. The number of methoxy groups -OCH3 is 1. The standard InChI is InChI=1S/C30H42O4/c1-20-6-8-22(9-7-20)19-34-29(32)17-16-27(3)23(18-29)10-11-24-25(27)12-14-28(4)26(24)13-15-30(28,33-5)21(2)31/h6-10,24-26,32H,11-19H2,1-5H3/t24-,25+,26+,27+,28+,29?,30+/m1/s1. The molecule has 4 heteroatoms. The molecule has 5 rings (SSSR count). The Morgan fingerprint density at radius 3 is 2.44 bits per heavy atom. The van der Waals surface area contributed by atoms with Crippen LogP contribution in [0.5, 0.6) is 0 Å². The van der Waals surface area contributed by atoms with E-state index >= 15 is 0 Å². The second-order valence-electron chi connectivity index (χ2n) is 12.2. The minimum atomic E-state index is -1.08. The van der Waals surface area contributed by atoms with Crippen molar-refractivity contribution in [3.8, 4) is 0 Å². The first-order valence-corrected chi connectivity index (χ1v) is 13.2. The van der Waals surface area contributed by atoms with Crippen molar-refractivity contribution in [1.29, 1.82) is 0 Å². The molecular weight excluding hydrogens is 424 g/mol. The largest absolute Gasteiger partial charge is 0.370 e. The Morgan fingerprint density at radius 2 is 1.76 bits per heavy atom. The SMILES string of the molecule is CO[C@]1(C(C)=O)CC[C@H]2[C@@H]3CC=C4CC(O)(OCc5ccc(C)cc5)CC[C@]4(C)[C@H]3CC[C@@]21C. The Hall–Kier alpha value is -1.49. The monoisotopic (exact) mass is 466 g/mol. The molecule has 0 aliphatic heterocycles. The zero-order valence-corrected chi connectivity index (χ0v) is 21.7. The van der Waals surface area contributed by atoms with E-state index in [4.69, 9.17) is 9.47 Å². The third-order valence-electron chi connectivity index (χ3n) is 10.8. The van der Waals surface area contributed by atoms with Gasteiger partial charge in [-0.1, -0.05) is 55.3 Å². The van der Waals surface area contributed by atoms with Crippen molar-refractivity contribution in [3.63, 3.8) is 0 Å². The van der Waals surface area contributed by atoms with Crippen LogP contribution >= 0.6 is 0 Å². The number of hydrogen-bond donors (Lipinski definition) is 1. The van der Waals surface area contributed by atoms with Gasteiger partial charge in [-0.25, -0.2) is 0 Å². The minimum absolute atomic E-state index is 0.0804. The summed E-state index contributed by atoms with van der Waals surface area (Å²) >= 11 is 0. The van der Waals surface area contributed by atoms with Crippen LogP contribution < -0.4 is 0 Å². The van der Waals surface area contributed by atoms with Crippen molar-refractivity contribution in [1.82, 2.24) is 0 Å². The fraction of sp³-hybridized carbons (Fsp3) is 0.700. The molecule has 3 fully saturated rings. The number of allylic oxidation sites excluding steroid dienone is 1. The lowest BCUT2D eigenvalue weighted by Crippen LogP contribution is -2.58. The van der Waals surface area contributed by atoms with Crippen molar-refractivity contribution in [2.45, 2.75) is 97.1 Å². The zero-order valence-electron chi connectivity index (χ0n) is 21.7. The quantitative estimate of drug-likeness (QED) is 0.418. The first kappa shape index (κ1) is 24.2. The molecule has 4 aliphatic rings. The molecule has 4 nitrogen and oxygen atoms in total. The zero-order chi connectivity index (χ0) is 24.4. The molecule has 186 valence electrons. The average Bonchev–Trinajstić information content (AvgIpc) is 3.13.